The van der Waals surface area contributed by atoms with E-state index < -0.39 is 45.3 Å². The van der Waals surface area contributed by atoms with Gasteiger partial charge in [-0.1, -0.05) is 47.5 Å². The fourth-order valence-electron chi connectivity index (χ4n) is 2.19. The molecule has 0 saturated carbocycles. The van der Waals surface area contributed by atoms with E-state index in [0.29, 0.717) is 12.1 Å². The van der Waals surface area contributed by atoms with Gasteiger partial charge >= 0.3 is 12.4 Å². The molecule has 0 radical (unpaired) electrons. The maximum atomic E-state index is 13.4. The molecule has 1 unspecified atom stereocenters. The zero-order chi connectivity index (χ0) is 19.7. The lowest BCUT2D eigenvalue weighted by Crippen LogP contribution is -2.19. The van der Waals surface area contributed by atoms with Crippen LogP contribution >= 0.6 is 23.2 Å². The number of hydrogen-bond donors (Lipinski definition) is 0. The molecule has 0 nitrogen and oxygen atoms in total. The first-order valence-corrected chi connectivity index (χ1v) is 7.72. The SMILES string of the molecule is Fc1c(Cl)cc(C(/C=C/c2cccc(C(F)(F)F)c2)C(F)(F)F)cc1Cl. The molecule has 0 fully saturated rings. The van der Waals surface area contributed by atoms with Crippen LogP contribution in [0.3, 0.4) is 0 Å². The van der Waals surface area contributed by atoms with Crippen LogP contribution < -0.4 is 0 Å². The number of halogens is 9. The predicted octanol–water partition coefficient (Wildman–Crippen LogP) is 7.51. The molecule has 0 N–H and O–H groups in total. The van der Waals surface area contributed by atoms with Gasteiger partial charge in [-0.3, -0.25) is 0 Å². The lowest BCUT2D eigenvalue weighted by Gasteiger charge is -2.18. The maximum absolute atomic E-state index is 13.4. The Kier molecular flexibility index (Phi) is 5.92. The van der Waals surface area contributed by atoms with Gasteiger partial charge in [0.05, 0.1) is 21.5 Å². The molecule has 2 rings (SSSR count). The highest BCUT2D eigenvalue weighted by atomic mass is 35.5. The van der Waals surface area contributed by atoms with Gasteiger partial charge in [0, 0.05) is 0 Å². The average molecular weight is 417 g/mol. The monoisotopic (exact) mass is 416 g/mol. The van der Waals surface area contributed by atoms with E-state index in [1.54, 1.807) is 0 Å². The Labute approximate surface area is 153 Å². The van der Waals surface area contributed by atoms with E-state index >= 15 is 0 Å². The summed E-state index contributed by atoms with van der Waals surface area (Å²) in [5.41, 5.74) is -1.50. The molecular formula is C17H9Cl2F7. The normalized spacial score (nSPS) is 14.0. The summed E-state index contributed by atoms with van der Waals surface area (Å²) in [4.78, 5) is 0. The number of alkyl halides is 6. The quantitative estimate of drug-likeness (QED) is 0.358. The highest BCUT2D eigenvalue weighted by Crippen LogP contribution is 2.39. The topological polar surface area (TPSA) is 0 Å². The van der Waals surface area contributed by atoms with Gasteiger partial charge in [0.25, 0.3) is 0 Å². The molecular weight excluding hydrogens is 408 g/mol. The molecule has 0 saturated heterocycles. The molecule has 0 spiro atoms. The summed E-state index contributed by atoms with van der Waals surface area (Å²) in [7, 11) is 0. The van der Waals surface area contributed by atoms with E-state index in [2.05, 4.69) is 0 Å². The van der Waals surface area contributed by atoms with Crippen LogP contribution in [-0.4, -0.2) is 6.18 Å². The Morgan fingerprint density at radius 3 is 1.96 bits per heavy atom. The standard InChI is InChI=1S/C17H9Cl2F7/c18-13-7-10(8-14(19)15(13)20)12(17(24,25)26)5-4-9-2-1-3-11(6-9)16(21,22)23/h1-8,12H/b5-4+. The minimum Gasteiger partial charge on any atom is -0.204 e. The van der Waals surface area contributed by atoms with Crippen molar-refractivity contribution in [3.63, 3.8) is 0 Å². The van der Waals surface area contributed by atoms with Gasteiger partial charge in [0.1, 0.15) is 0 Å². The van der Waals surface area contributed by atoms with E-state index in [4.69, 9.17) is 23.2 Å². The highest BCUT2D eigenvalue weighted by Gasteiger charge is 2.39. The Morgan fingerprint density at radius 2 is 1.46 bits per heavy atom. The summed E-state index contributed by atoms with van der Waals surface area (Å²) < 4.78 is 91.4. The van der Waals surface area contributed by atoms with Crippen molar-refractivity contribution in [1.82, 2.24) is 0 Å². The van der Waals surface area contributed by atoms with Gasteiger partial charge < -0.3 is 0 Å². The van der Waals surface area contributed by atoms with Crippen molar-refractivity contribution in [2.45, 2.75) is 18.3 Å². The zero-order valence-corrected chi connectivity index (χ0v) is 14.1. The van der Waals surface area contributed by atoms with Crippen molar-refractivity contribution in [1.29, 1.82) is 0 Å². The first-order chi connectivity index (χ1) is 11.9. The van der Waals surface area contributed by atoms with Crippen molar-refractivity contribution in [3.05, 3.63) is 75.0 Å². The van der Waals surface area contributed by atoms with Gasteiger partial charge in [-0.2, -0.15) is 26.3 Å². The van der Waals surface area contributed by atoms with E-state index in [9.17, 15) is 30.7 Å². The van der Waals surface area contributed by atoms with Crippen molar-refractivity contribution in [3.8, 4) is 0 Å². The largest absolute Gasteiger partial charge is 0.416 e. The molecule has 0 aromatic heterocycles. The van der Waals surface area contributed by atoms with Crippen LogP contribution in [-0.2, 0) is 6.18 Å². The summed E-state index contributed by atoms with van der Waals surface area (Å²) in [5.74, 6) is -3.28. The summed E-state index contributed by atoms with van der Waals surface area (Å²) >= 11 is 11.1. The predicted molar refractivity (Wildman–Crippen MR) is 85.7 cm³/mol. The van der Waals surface area contributed by atoms with Gasteiger partial charge in [-0.15, -0.1) is 0 Å². The summed E-state index contributed by atoms with van der Waals surface area (Å²) in [5, 5.41) is -1.18. The fourth-order valence-corrected chi connectivity index (χ4v) is 2.69. The molecule has 0 aliphatic carbocycles. The van der Waals surface area contributed by atoms with Crippen molar-refractivity contribution in [2.75, 3.05) is 0 Å². The molecule has 9 heteroatoms. The number of rotatable bonds is 3. The molecule has 0 heterocycles. The van der Waals surface area contributed by atoms with Crippen LogP contribution in [0.5, 0.6) is 0 Å². The minimum atomic E-state index is -4.79. The average Bonchev–Trinajstić information content (AvgIpc) is 2.51. The van der Waals surface area contributed by atoms with Gasteiger partial charge in [-0.05, 0) is 35.4 Å². The Morgan fingerprint density at radius 1 is 0.885 bits per heavy atom. The Hall–Kier alpha value is -1.73. The third-order valence-electron chi connectivity index (χ3n) is 3.41. The van der Waals surface area contributed by atoms with Gasteiger partial charge in [-0.25, -0.2) is 4.39 Å². The van der Waals surface area contributed by atoms with Crippen LogP contribution in [0.1, 0.15) is 22.6 Å². The Balaban J connectivity index is 2.43. The highest BCUT2D eigenvalue weighted by molar-refractivity contribution is 6.35. The second-order valence-electron chi connectivity index (χ2n) is 5.30. The van der Waals surface area contributed by atoms with E-state index in [1.165, 1.54) is 6.07 Å². The van der Waals surface area contributed by atoms with Gasteiger partial charge in [0.2, 0.25) is 0 Å². The summed E-state index contributed by atoms with van der Waals surface area (Å²) in [6, 6.07) is 5.38. The second kappa shape index (κ2) is 7.48. The van der Waals surface area contributed by atoms with Gasteiger partial charge in [0.15, 0.2) is 5.82 Å². The molecule has 0 amide bonds. The molecule has 140 valence electrons. The van der Waals surface area contributed by atoms with E-state index in [-0.39, 0.29) is 5.56 Å². The first-order valence-electron chi connectivity index (χ1n) is 6.96. The Bertz CT molecular complexity index is 800. The first kappa shape index (κ1) is 20.6. The molecule has 26 heavy (non-hydrogen) atoms. The third kappa shape index (κ3) is 4.92. The molecule has 0 aliphatic rings. The van der Waals surface area contributed by atoms with Crippen LogP contribution in [0, 0.1) is 5.82 Å². The van der Waals surface area contributed by atoms with Crippen LogP contribution in [0.2, 0.25) is 10.0 Å². The fraction of sp³-hybridized carbons (Fsp3) is 0.176. The smallest absolute Gasteiger partial charge is 0.204 e. The van der Waals surface area contributed by atoms with Crippen molar-refractivity contribution in [2.24, 2.45) is 0 Å². The lowest BCUT2D eigenvalue weighted by molar-refractivity contribution is -0.139. The van der Waals surface area contributed by atoms with E-state index in [1.807, 2.05) is 0 Å². The van der Waals surface area contributed by atoms with Crippen molar-refractivity contribution >= 4 is 29.3 Å². The maximum Gasteiger partial charge on any atom is 0.416 e. The molecule has 2 aromatic carbocycles. The number of benzene rings is 2. The summed E-state index contributed by atoms with van der Waals surface area (Å²) in [6.07, 6.45) is -7.85. The minimum absolute atomic E-state index is 0.0756. The molecule has 0 aliphatic heterocycles. The number of hydrogen-bond acceptors (Lipinski definition) is 0. The molecule has 2 aromatic rings. The van der Waals surface area contributed by atoms with Crippen LogP contribution in [0.25, 0.3) is 6.08 Å². The van der Waals surface area contributed by atoms with Crippen LogP contribution in [0.4, 0.5) is 30.7 Å². The molecule has 1 atom stereocenters. The second-order valence-corrected chi connectivity index (χ2v) is 6.11. The summed E-state index contributed by atoms with van der Waals surface area (Å²) in [6.45, 7) is 0. The lowest BCUT2D eigenvalue weighted by atomic mass is 9.96. The molecule has 0 bridgehead atoms. The van der Waals surface area contributed by atoms with Crippen molar-refractivity contribution < 1.29 is 30.7 Å². The van der Waals surface area contributed by atoms with Crippen LogP contribution in [0.15, 0.2) is 42.5 Å². The number of allylic oxidation sites excluding steroid dienone is 1. The zero-order valence-electron chi connectivity index (χ0n) is 12.6. The van der Waals surface area contributed by atoms with E-state index in [0.717, 1.165) is 30.3 Å². The third-order valence-corrected chi connectivity index (χ3v) is 3.96.